The van der Waals surface area contributed by atoms with Crippen LogP contribution in [0.5, 0.6) is 0 Å². The number of nitrogens with zero attached hydrogens (tertiary/aromatic N) is 2. The standard InChI is InChI=1S/C19H15BrCl2N2O2/c1-2-26-19(25)18-10-17(12-3-5-14(20)6-4-12)23-24(18)11-13-9-15(21)7-8-16(13)22/h3-10H,2,11H2,1H3. The first-order valence-corrected chi connectivity index (χ1v) is 9.47. The number of hydrogen-bond acceptors (Lipinski definition) is 3. The second-order valence-electron chi connectivity index (χ2n) is 5.54. The molecule has 0 amide bonds. The van der Waals surface area contributed by atoms with Crippen molar-refractivity contribution in [2.75, 3.05) is 6.61 Å². The molecule has 1 aromatic heterocycles. The fourth-order valence-electron chi connectivity index (χ4n) is 2.49. The van der Waals surface area contributed by atoms with E-state index in [0.717, 1.165) is 15.6 Å². The second-order valence-corrected chi connectivity index (χ2v) is 7.29. The summed E-state index contributed by atoms with van der Waals surface area (Å²) in [5, 5.41) is 5.71. The van der Waals surface area contributed by atoms with Crippen LogP contribution in [0.1, 0.15) is 23.0 Å². The maximum atomic E-state index is 12.4. The number of carbonyl (C=O) groups excluding carboxylic acids is 1. The van der Waals surface area contributed by atoms with Crippen LogP contribution in [-0.4, -0.2) is 22.4 Å². The lowest BCUT2D eigenvalue weighted by Gasteiger charge is -2.09. The normalized spacial score (nSPS) is 10.8. The van der Waals surface area contributed by atoms with Crippen molar-refractivity contribution in [2.45, 2.75) is 13.5 Å². The molecule has 7 heteroatoms. The van der Waals surface area contributed by atoms with Gasteiger partial charge in [0, 0.05) is 20.1 Å². The van der Waals surface area contributed by atoms with Crippen molar-refractivity contribution < 1.29 is 9.53 Å². The third-order valence-corrected chi connectivity index (χ3v) is 4.86. The average molecular weight is 454 g/mol. The Labute approximate surface area is 169 Å². The van der Waals surface area contributed by atoms with Gasteiger partial charge in [0.2, 0.25) is 0 Å². The van der Waals surface area contributed by atoms with Crippen LogP contribution in [0.3, 0.4) is 0 Å². The monoisotopic (exact) mass is 452 g/mol. The molecule has 134 valence electrons. The van der Waals surface area contributed by atoms with E-state index in [0.29, 0.717) is 28.0 Å². The van der Waals surface area contributed by atoms with Gasteiger partial charge in [0.25, 0.3) is 0 Å². The van der Waals surface area contributed by atoms with E-state index < -0.39 is 5.97 Å². The van der Waals surface area contributed by atoms with E-state index in [9.17, 15) is 4.79 Å². The zero-order chi connectivity index (χ0) is 18.7. The van der Waals surface area contributed by atoms with Crippen LogP contribution in [0, 0.1) is 0 Å². The lowest BCUT2D eigenvalue weighted by molar-refractivity contribution is 0.0512. The highest BCUT2D eigenvalue weighted by molar-refractivity contribution is 9.10. The van der Waals surface area contributed by atoms with Gasteiger partial charge in [-0.1, -0.05) is 51.3 Å². The molecule has 26 heavy (non-hydrogen) atoms. The van der Waals surface area contributed by atoms with E-state index in [1.807, 2.05) is 24.3 Å². The summed E-state index contributed by atoms with van der Waals surface area (Å²) in [6.07, 6.45) is 0. The Hall–Kier alpha value is -1.82. The van der Waals surface area contributed by atoms with E-state index in [1.165, 1.54) is 0 Å². The quantitative estimate of drug-likeness (QED) is 0.455. The van der Waals surface area contributed by atoms with Crippen molar-refractivity contribution in [3.8, 4) is 11.3 Å². The minimum absolute atomic E-state index is 0.287. The van der Waals surface area contributed by atoms with Crippen molar-refractivity contribution in [2.24, 2.45) is 0 Å². The number of rotatable bonds is 5. The summed E-state index contributed by atoms with van der Waals surface area (Å²) in [6.45, 7) is 2.36. The van der Waals surface area contributed by atoms with E-state index in [2.05, 4.69) is 21.0 Å². The lowest BCUT2D eigenvalue weighted by Crippen LogP contribution is -2.14. The molecule has 3 rings (SSSR count). The molecule has 0 bridgehead atoms. The molecule has 0 aliphatic heterocycles. The number of benzene rings is 2. The molecule has 0 saturated carbocycles. The van der Waals surface area contributed by atoms with Gasteiger partial charge >= 0.3 is 5.97 Å². The third kappa shape index (κ3) is 4.29. The number of ether oxygens (including phenoxy) is 1. The number of carbonyl (C=O) groups is 1. The Morgan fingerprint density at radius 3 is 2.58 bits per heavy atom. The first-order valence-electron chi connectivity index (χ1n) is 7.92. The molecule has 0 unspecified atom stereocenters. The zero-order valence-electron chi connectivity index (χ0n) is 13.9. The maximum Gasteiger partial charge on any atom is 0.356 e. The van der Waals surface area contributed by atoms with Crippen LogP contribution < -0.4 is 0 Å². The van der Waals surface area contributed by atoms with Gasteiger partial charge in [-0.3, -0.25) is 4.68 Å². The first-order chi connectivity index (χ1) is 12.5. The molecule has 3 aromatic rings. The molecule has 2 aromatic carbocycles. The van der Waals surface area contributed by atoms with Gasteiger partial charge in [-0.2, -0.15) is 5.10 Å². The van der Waals surface area contributed by atoms with Crippen LogP contribution in [0.25, 0.3) is 11.3 Å². The Morgan fingerprint density at radius 2 is 1.88 bits per heavy atom. The van der Waals surface area contributed by atoms with Gasteiger partial charge in [0.05, 0.1) is 18.8 Å². The smallest absolute Gasteiger partial charge is 0.356 e. The molecular formula is C19H15BrCl2N2O2. The number of esters is 1. The Balaban J connectivity index is 2.02. The molecule has 0 aliphatic rings. The van der Waals surface area contributed by atoms with Crippen molar-refractivity contribution in [3.05, 3.63) is 74.3 Å². The summed E-state index contributed by atoms with van der Waals surface area (Å²) in [4.78, 5) is 12.4. The van der Waals surface area contributed by atoms with E-state index in [4.69, 9.17) is 27.9 Å². The summed E-state index contributed by atoms with van der Waals surface area (Å²) >= 11 is 15.7. The topological polar surface area (TPSA) is 44.1 Å². The van der Waals surface area contributed by atoms with Gasteiger partial charge < -0.3 is 4.74 Å². The predicted octanol–water partition coefficient (Wildman–Crippen LogP) is 5.84. The Morgan fingerprint density at radius 1 is 1.15 bits per heavy atom. The van der Waals surface area contributed by atoms with Gasteiger partial charge in [-0.05, 0) is 48.9 Å². The van der Waals surface area contributed by atoms with E-state index >= 15 is 0 Å². The fraction of sp³-hybridized carbons (Fsp3) is 0.158. The van der Waals surface area contributed by atoms with Crippen molar-refractivity contribution in [3.63, 3.8) is 0 Å². The van der Waals surface area contributed by atoms with Crippen LogP contribution >= 0.6 is 39.1 Å². The van der Waals surface area contributed by atoms with Crippen LogP contribution in [-0.2, 0) is 11.3 Å². The van der Waals surface area contributed by atoms with E-state index in [-0.39, 0.29) is 6.61 Å². The molecule has 0 atom stereocenters. The summed E-state index contributed by atoms with van der Waals surface area (Å²) in [5.74, 6) is -0.429. The summed E-state index contributed by atoms with van der Waals surface area (Å²) < 4.78 is 7.72. The highest BCUT2D eigenvalue weighted by atomic mass is 79.9. The summed E-state index contributed by atoms with van der Waals surface area (Å²) in [6, 6.07) is 14.6. The molecule has 0 saturated heterocycles. The van der Waals surface area contributed by atoms with Gasteiger partial charge in [0.15, 0.2) is 0 Å². The molecular weight excluding hydrogens is 439 g/mol. The number of aromatic nitrogens is 2. The molecule has 1 heterocycles. The average Bonchev–Trinajstić information content (AvgIpc) is 3.03. The molecule has 0 N–H and O–H groups in total. The molecule has 0 spiro atoms. The van der Waals surface area contributed by atoms with Gasteiger partial charge in [-0.25, -0.2) is 4.79 Å². The highest BCUT2D eigenvalue weighted by Gasteiger charge is 2.18. The maximum absolute atomic E-state index is 12.4. The first kappa shape index (κ1) is 19.0. The van der Waals surface area contributed by atoms with Gasteiger partial charge in [-0.15, -0.1) is 0 Å². The van der Waals surface area contributed by atoms with Crippen LogP contribution in [0.2, 0.25) is 10.0 Å². The van der Waals surface area contributed by atoms with Crippen molar-refractivity contribution in [1.29, 1.82) is 0 Å². The minimum atomic E-state index is -0.429. The largest absolute Gasteiger partial charge is 0.461 e. The Kier molecular flexibility index (Phi) is 6.01. The summed E-state index contributed by atoms with van der Waals surface area (Å²) in [5.41, 5.74) is 2.71. The number of halogens is 3. The minimum Gasteiger partial charge on any atom is -0.461 e. The molecule has 4 nitrogen and oxygen atoms in total. The highest BCUT2D eigenvalue weighted by Crippen LogP contribution is 2.25. The van der Waals surface area contributed by atoms with E-state index in [1.54, 1.807) is 35.9 Å². The number of hydrogen-bond donors (Lipinski definition) is 0. The third-order valence-electron chi connectivity index (χ3n) is 3.73. The Bertz CT molecular complexity index is 939. The van der Waals surface area contributed by atoms with Crippen molar-refractivity contribution >= 4 is 45.1 Å². The fourth-order valence-corrected chi connectivity index (χ4v) is 3.13. The lowest BCUT2D eigenvalue weighted by atomic mass is 10.1. The second kappa shape index (κ2) is 8.25. The zero-order valence-corrected chi connectivity index (χ0v) is 17.0. The molecule has 0 fully saturated rings. The van der Waals surface area contributed by atoms with Gasteiger partial charge in [0.1, 0.15) is 5.69 Å². The van der Waals surface area contributed by atoms with Crippen LogP contribution in [0.15, 0.2) is 53.0 Å². The SMILES string of the molecule is CCOC(=O)c1cc(-c2ccc(Br)cc2)nn1Cc1cc(Cl)ccc1Cl. The summed E-state index contributed by atoms with van der Waals surface area (Å²) in [7, 11) is 0. The predicted molar refractivity (Wildman–Crippen MR) is 107 cm³/mol. The molecule has 0 aliphatic carbocycles. The molecule has 0 radical (unpaired) electrons. The van der Waals surface area contributed by atoms with Crippen molar-refractivity contribution in [1.82, 2.24) is 9.78 Å². The van der Waals surface area contributed by atoms with Crippen LogP contribution in [0.4, 0.5) is 0 Å².